The fraction of sp³-hybridized carbons (Fsp3) is 0.900. The second-order valence-electron chi connectivity index (χ2n) is 3.96. The van der Waals surface area contributed by atoms with Crippen molar-refractivity contribution in [1.29, 1.82) is 0 Å². The third-order valence-electron chi connectivity index (χ3n) is 2.64. The van der Waals surface area contributed by atoms with Gasteiger partial charge in [0.15, 0.2) is 0 Å². The molecule has 5 heteroatoms. The zero-order valence-electron chi connectivity index (χ0n) is 9.37. The van der Waals surface area contributed by atoms with Gasteiger partial charge in [-0.05, 0) is 0 Å². The van der Waals surface area contributed by atoms with Gasteiger partial charge < -0.3 is 15.8 Å². The van der Waals surface area contributed by atoms with E-state index >= 15 is 0 Å². The second kappa shape index (κ2) is 6.76. The third kappa shape index (κ3) is 5.11. The quantitative estimate of drug-likeness (QED) is 0.559. The highest BCUT2D eigenvalue weighted by Crippen LogP contribution is 1.95. The van der Waals surface area contributed by atoms with Gasteiger partial charge in [-0.2, -0.15) is 0 Å². The van der Waals surface area contributed by atoms with Gasteiger partial charge >= 0.3 is 0 Å². The Morgan fingerprint density at radius 1 is 1.53 bits per heavy atom. The Hall–Kier alpha value is -0.650. The van der Waals surface area contributed by atoms with Gasteiger partial charge in [-0.25, -0.2) is 0 Å². The molecule has 88 valence electrons. The molecule has 3 N–H and O–H groups in total. The maximum Gasteiger partial charge on any atom is 0.221 e. The number of carbonyl (C=O) groups excluding carboxylic acids is 1. The molecule has 15 heavy (non-hydrogen) atoms. The van der Waals surface area contributed by atoms with E-state index in [4.69, 9.17) is 10.5 Å². The first-order valence-electron chi connectivity index (χ1n) is 5.50. The van der Waals surface area contributed by atoms with E-state index in [1.165, 1.54) is 0 Å². The Balaban J connectivity index is 1.98. The first-order chi connectivity index (χ1) is 7.20. The summed E-state index contributed by atoms with van der Waals surface area (Å²) in [7, 11) is 0. The standard InChI is InChI=1S/C10H21N3O2/c1-9(10(11)14)8-12-2-3-13-4-6-15-7-5-13/h9,12H,2-8H2,1H3,(H2,11,14). The topological polar surface area (TPSA) is 67.6 Å². The van der Waals surface area contributed by atoms with Crippen LogP contribution in [0.1, 0.15) is 6.92 Å². The van der Waals surface area contributed by atoms with Crippen molar-refractivity contribution in [2.45, 2.75) is 6.92 Å². The summed E-state index contributed by atoms with van der Waals surface area (Å²) in [5, 5.41) is 3.23. The molecule has 0 bridgehead atoms. The molecule has 1 aliphatic heterocycles. The Morgan fingerprint density at radius 2 is 2.20 bits per heavy atom. The summed E-state index contributed by atoms with van der Waals surface area (Å²) in [6.45, 7) is 8.09. The highest BCUT2D eigenvalue weighted by atomic mass is 16.5. The lowest BCUT2D eigenvalue weighted by molar-refractivity contribution is -0.121. The third-order valence-corrected chi connectivity index (χ3v) is 2.64. The van der Waals surface area contributed by atoms with Crippen LogP contribution in [0.15, 0.2) is 0 Å². The van der Waals surface area contributed by atoms with Crippen LogP contribution in [0.2, 0.25) is 0 Å². The van der Waals surface area contributed by atoms with Crippen LogP contribution >= 0.6 is 0 Å². The van der Waals surface area contributed by atoms with Crippen molar-refractivity contribution in [1.82, 2.24) is 10.2 Å². The molecule has 0 aliphatic carbocycles. The van der Waals surface area contributed by atoms with E-state index in [-0.39, 0.29) is 11.8 Å². The molecule has 1 unspecified atom stereocenters. The van der Waals surface area contributed by atoms with Gasteiger partial charge in [0.2, 0.25) is 5.91 Å². The van der Waals surface area contributed by atoms with Gasteiger partial charge in [0.1, 0.15) is 0 Å². The zero-order valence-corrected chi connectivity index (χ0v) is 9.37. The van der Waals surface area contributed by atoms with E-state index in [9.17, 15) is 4.79 Å². The Morgan fingerprint density at radius 3 is 2.80 bits per heavy atom. The van der Waals surface area contributed by atoms with Crippen LogP contribution in [0.25, 0.3) is 0 Å². The molecule has 0 radical (unpaired) electrons. The first kappa shape index (κ1) is 12.4. The minimum atomic E-state index is -0.242. The van der Waals surface area contributed by atoms with Gasteiger partial charge in [-0.15, -0.1) is 0 Å². The Bertz CT molecular complexity index is 193. The monoisotopic (exact) mass is 215 g/mol. The minimum absolute atomic E-state index is 0.0883. The molecular formula is C10H21N3O2. The molecule has 1 saturated heterocycles. The van der Waals surface area contributed by atoms with E-state index < -0.39 is 0 Å². The SMILES string of the molecule is CC(CNCCN1CCOCC1)C(N)=O. The van der Waals surface area contributed by atoms with Crippen molar-refractivity contribution < 1.29 is 9.53 Å². The lowest BCUT2D eigenvalue weighted by Crippen LogP contribution is -2.41. The fourth-order valence-electron chi connectivity index (χ4n) is 1.48. The lowest BCUT2D eigenvalue weighted by atomic mass is 10.2. The molecule has 5 nitrogen and oxygen atoms in total. The van der Waals surface area contributed by atoms with Crippen molar-refractivity contribution in [3.8, 4) is 0 Å². The molecule has 1 rings (SSSR count). The number of hydrogen-bond donors (Lipinski definition) is 2. The summed E-state index contributed by atoms with van der Waals surface area (Å²) in [5.74, 6) is -0.330. The van der Waals surface area contributed by atoms with Gasteiger partial charge in [0.05, 0.1) is 13.2 Å². The van der Waals surface area contributed by atoms with Gasteiger partial charge in [0, 0.05) is 38.6 Å². The summed E-state index contributed by atoms with van der Waals surface area (Å²) >= 11 is 0. The molecule has 1 atom stereocenters. The number of rotatable bonds is 6. The van der Waals surface area contributed by atoms with Crippen molar-refractivity contribution in [3.63, 3.8) is 0 Å². The summed E-state index contributed by atoms with van der Waals surface area (Å²) in [4.78, 5) is 13.1. The number of nitrogens with zero attached hydrogens (tertiary/aromatic N) is 1. The molecule has 0 spiro atoms. The molecule has 1 amide bonds. The number of hydrogen-bond acceptors (Lipinski definition) is 4. The molecule has 0 aromatic rings. The van der Waals surface area contributed by atoms with Crippen LogP contribution in [-0.4, -0.2) is 56.7 Å². The van der Waals surface area contributed by atoms with Gasteiger partial charge in [-0.1, -0.05) is 6.92 Å². The molecule has 1 heterocycles. The number of ether oxygens (including phenoxy) is 1. The summed E-state index contributed by atoms with van der Waals surface area (Å²) in [6.07, 6.45) is 0. The number of primary amides is 1. The normalized spacial score (nSPS) is 20.1. The predicted octanol–water partition coefficient (Wildman–Crippen LogP) is -0.970. The van der Waals surface area contributed by atoms with Crippen molar-refractivity contribution in [2.75, 3.05) is 45.9 Å². The number of nitrogens with one attached hydrogen (secondary N) is 1. The smallest absolute Gasteiger partial charge is 0.221 e. The lowest BCUT2D eigenvalue weighted by Gasteiger charge is -2.26. The highest BCUT2D eigenvalue weighted by Gasteiger charge is 2.10. The summed E-state index contributed by atoms with van der Waals surface area (Å²) < 4.78 is 5.25. The van der Waals surface area contributed by atoms with E-state index in [0.29, 0.717) is 6.54 Å². The van der Waals surface area contributed by atoms with Crippen molar-refractivity contribution in [2.24, 2.45) is 11.7 Å². The number of carbonyl (C=O) groups is 1. The zero-order chi connectivity index (χ0) is 11.1. The molecule has 1 fully saturated rings. The second-order valence-corrected chi connectivity index (χ2v) is 3.96. The summed E-state index contributed by atoms with van der Waals surface area (Å²) in [6, 6.07) is 0. The van der Waals surface area contributed by atoms with Crippen molar-refractivity contribution in [3.05, 3.63) is 0 Å². The van der Waals surface area contributed by atoms with E-state index in [0.717, 1.165) is 39.4 Å². The number of amides is 1. The fourth-order valence-corrected chi connectivity index (χ4v) is 1.48. The van der Waals surface area contributed by atoms with Gasteiger partial charge in [0.25, 0.3) is 0 Å². The maximum atomic E-state index is 10.8. The average Bonchev–Trinajstić information content (AvgIpc) is 2.25. The van der Waals surface area contributed by atoms with E-state index in [2.05, 4.69) is 10.2 Å². The van der Waals surface area contributed by atoms with Crippen LogP contribution in [0, 0.1) is 5.92 Å². The largest absolute Gasteiger partial charge is 0.379 e. The molecular weight excluding hydrogens is 194 g/mol. The molecule has 0 aromatic carbocycles. The summed E-state index contributed by atoms with van der Waals surface area (Å²) in [5.41, 5.74) is 5.16. The molecule has 0 aromatic heterocycles. The average molecular weight is 215 g/mol. The number of nitrogens with two attached hydrogens (primary N) is 1. The maximum absolute atomic E-state index is 10.8. The Kier molecular flexibility index (Phi) is 5.60. The van der Waals surface area contributed by atoms with Crippen LogP contribution in [-0.2, 0) is 9.53 Å². The molecule has 0 saturated carbocycles. The van der Waals surface area contributed by atoms with Gasteiger partial charge in [-0.3, -0.25) is 9.69 Å². The highest BCUT2D eigenvalue weighted by molar-refractivity contribution is 5.76. The minimum Gasteiger partial charge on any atom is -0.379 e. The Labute approximate surface area is 90.9 Å². The molecule has 1 aliphatic rings. The van der Waals surface area contributed by atoms with Crippen LogP contribution < -0.4 is 11.1 Å². The van der Waals surface area contributed by atoms with E-state index in [1.54, 1.807) is 0 Å². The first-order valence-corrected chi connectivity index (χ1v) is 5.50. The number of morpholine rings is 1. The van der Waals surface area contributed by atoms with Crippen LogP contribution in [0.3, 0.4) is 0 Å². The van der Waals surface area contributed by atoms with Crippen molar-refractivity contribution >= 4 is 5.91 Å². The predicted molar refractivity (Wildman–Crippen MR) is 58.5 cm³/mol. The van der Waals surface area contributed by atoms with E-state index in [1.807, 2.05) is 6.92 Å². The van der Waals surface area contributed by atoms with Crippen LogP contribution in [0.4, 0.5) is 0 Å². The van der Waals surface area contributed by atoms with Crippen LogP contribution in [0.5, 0.6) is 0 Å².